The number of carbonyl (C=O) groups excluding carboxylic acids is 1. The molecule has 0 atom stereocenters. The number of aromatic nitrogens is 3. The number of hydrogen-bond acceptors (Lipinski definition) is 6. The second-order valence-corrected chi connectivity index (χ2v) is 7.64. The van der Waals surface area contributed by atoms with Crippen molar-refractivity contribution in [3.8, 4) is 0 Å². The second-order valence-electron chi connectivity index (χ2n) is 7.64. The molecule has 8 nitrogen and oxygen atoms in total. The zero-order valence-corrected chi connectivity index (χ0v) is 17.0. The van der Waals surface area contributed by atoms with Crippen LogP contribution in [0, 0.1) is 13.8 Å². The van der Waals surface area contributed by atoms with E-state index in [1.165, 1.54) is 43.5 Å². The van der Waals surface area contributed by atoms with E-state index in [4.69, 9.17) is 4.52 Å². The summed E-state index contributed by atoms with van der Waals surface area (Å²) in [4.78, 5) is 27.0. The first-order valence-corrected chi connectivity index (χ1v) is 10.4. The third-order valence-corrected chi connectivity index (χ3v) is 5.38. The summed E-state index contributed by atoms with van der Waals surface area (Å²) in [6, 6.07) is 0. The van der Waals surface area contributed by atoms with E-state index in [2.05, 4.69) is 20.5 Å². The number of amides is 1. The van der Waals surface area contributed by atoms with Gasteiger partial charge in [0, 0.05) is 19.5 Å². The van der Waals surface area contributed by atoms with Gasteiger partial charge in [-0.15, -0.1) is 0 Å². The second kappa shape index (κ2) is 9.82. The molecule has 0 spiro atoms. The van der Waals surface area contributed by atoms with E-state index in [1.54, 1.807) is 6.92 Å². The molecule has 1 saturated heterocycles. The van der Waals surface area contributed by atoms with Crippen LogP contribution in [-0.2, 0) is 11.3 Å². The lowest BCUT2D eigenvalue weighted by atomic mass is 10.2. The van der Waals surface area contributed by atoms with Crippen molar-refractivity contribution in [2.45, 2.75) is 65.3 Å². The lowest BCUT2D eigenvalue weighted by molar-refractivity contribution is -0.121. The zero-order chi connectivity index (χ0) is 19.9. The summed E-state index contributed by atoms with van der Waals surface area (Å²) in [7, 11) is 0. The standard InChI is InChI=1S/C20H31N5O3/c1-15-18-16(2)28-23-19(18)20(27)25(22-15)14-7-9-17(26)21-10-8-13-24-11-5-3-4-6-12-24/h3-14H2,1-2H3,(H,21,26). The topological polar surface area (TPSA) is 93.3 Å². The maximum Gasteiger partial charge on any atom is 0.296 e. The Labute approximate surface area is 165 Å². The van der Waals surface area contributed by atoms with Gasteiger partial charge in [0.25, 0.3) is 5.56 Å². The van der Waals surface area contributed by atoms with Gasteiger partial charge in [-0.05, 0) is 59.2 Å². The minimum Gasteiger partial charge on any atom is -0.360 e. The smallest absolute Gasteiger partial charge is 0.296 e. The van der Waals surface area contributed by atoms with Gasteiger partial charge in [0.1, 0.15) is 5.76 Å². The number of aryl methyl sites for hydroxylation is 3. The van der Waals surface area contributed by atoms with Crippen LogP contribution in [0.5, 0.6) is 0 Å². The van der Waals surface area contributed by atoms with Gasteiger partial charge in [0.15, 0.2) is 5.52 Å². The Kier molecular flexibility index (Phi) is 7.19. The highest BCUT2D eigenvalue weighted by Crippen LogP contribution is 2.16. The summed E-state index contributed by atoms with van der Waals surface area (Å²) in [5.41, 5.74) is 0.754. The van der Waals surface area contributed by atoms with Crippen LogP contribution in [0.4, 0.5) is 0 Å². The SMILES string of the molecule is Cc1nn(CCCC(=O)NCCCN2CCCCCC2)c(=O)c2noc(C)c12. The fourth-order valence-electron chi connectivity index (χ4n) is 3.86. The van der Waals surface area contributed by atoms with Gasteiger partial charge < -0.3 is 14.7 Å². The summed E-state index contributed by atoms with van der Waals surface area (Å²) in [5, 5.41) is 11.8. The van der Waals surface area contributed by atoms with Crippen molar-refractivity contribution < 1.29 is 9.32 Å². The van der Waals surface area contributed by atoms with Crippen molar-refractivity contribution in [2.75, 3.05) is 26.2 Å². The molecule has 0 aromatic carbocycles. The molecule has 0 unspecified atom stereocenters. The number of fused-ring (bicyclic) bond motifs is 1. The maximum atomic E-state index is 12.4. The lowest BCUT2D eigenvalue weighted by Crippen LogP contribution is -2.31. The minimum absolute atomic E-state index is 0.0268. The fraction of sp³-hybridized carbons (Fsp3) is 0.700. The molecule has 3 rings (SSSR count). The van der Waals surface area contributed by atoms with Gasteiger partial charge in [-0.2, -0.15) is 5.10 Å². The van der Waals surface area contributed by atoms with Crippen LogP contribution in [0.2, 0.25) is 0 Å². The monoisotopic (exact) mass is 389 g/mol. The highest BCUT2D eigenvalue weighted by Gasteiger charge is 2.15. The summed E-state index contributed by atoms with van der Waals surface area (Å²) in [6.07, 6.45) is 7.19. The number of hydrogen-bond donors (Lipinski definition) is 1. The van der Waals surface area contributed by atoms with Gasteiger partial charge in [-0.1, -0.05) is 18.0 Å². The van der Waals surface area contributed by atoms with Crippen LogP contribution in [0.3, 0.4) is 0 Å². The first-order valence-electron chi connectivity index (χ1n) is 10.4. The first kappa shape index (κ1) is 20.5. The number of rotatable bonds is 8. The molecule has 154 valence electrons. The molecule has 2 aromatic rings. The molecular weight excluding hydrogens is 358 g/mol. The first-order chi connectivity index (χ1) is 13.6. The molecule has 3 heterocycles. The van der Waals surface area contributed by atoms with Crippen molar-refractivity contribution in [1.29, 1.82) is 0 Å². The lowest BCUT2D eigenvalue weighted by Gasteiger charge is -2.19. The molecule has 1 amide bonds. The van der Waals surface area contributed by atoms with E-state index in [0.717, 1.165) is 13.0 Å². The predicted octanol–water partition coefficient (Wildman–Crippen LogP) is 2.16. The Hall–Kier alpha value is -2.22. The zero-order valence-electron chi connectivity index (χ0n) is 17.0. The molecule has 0 aliphatic carbocycles. The predicted molar refractivity (Wildman–Crippen MR) is 107 cm³/mol. The van der Waals surface area contributed by atoms with Crippen LogP contribution in [0.15, 0.2) is 9.32 Å². The summed E-state index contributed by atoms with van der Waals surface area (Å²) in [5.74, 6) is 0.628. The fourth-order valence-corrected chi connectivity index (χ4v) is 3.86. The van der Waals surface area contributed by atoms with Gasteiger partial charge >= 0.3 is 0 Å². The van der Waals surface area contributed by atoms with Gasteiger partial charge in [0.2, 0.25) is 5.91 Å². The van der Waals surface area contributed by atoms with Crippen molar-refractivity contribution in [3.63, 3.8) is 0 Å². The highest BCUT2D eigenvalue weighted by molar-refractivity contribution is 5.81. The van der Waals surface area contributed by atoms with Crippen molar-refractivity contribution in [2.24, 2.45) is 0 Å². The van der Waals surface area contributed by atoms with E-state index in [-0.39, 0.29) is 11.5 Å². The van der Waals surface area contributed by atoms with Crippen molar-refractivity contribution >= 4 is 16.8 Å². The van der Waals surface area contributed by atoms with E-state index in [9.17, 15) is 9.59 Å². The summed E-state index contributed by atoms with van der Waals surface area (Å²) in [6.45, 7) is 8.12. The van der Waals surface area contributed by atoms with E-state index < -0.39 is 0 Å². The number of nitrogens with zero attached hydrogens (tertiary/aromatic N) is 4. The average molecular weight is 390 g/mol. The molecule has 8 heteroatoms. The molecule has 1 fully saturated rings. The quantitative estimate of drug-likeness (QED) is 0.696. The van der Waals surface area contributed by atoms with E-state index >= 15 is 0 Å². The molecule has 0 radical (unpaired) electrons. The Morgan fingerprint density at radius 2 is 1.86 bits per heavy atom. The molecule has 1 N–H and O–H groups in total. The number of carbonyl (C=O) groups is 1. The van der Waals surface area contributed by atoms with Crippen LogP contribution in [0.1, 0.15) is 56.4 Å². The normalized spacial score (nSPS) is 15.6. The summed E-state index contributed by atoms with van der Waals surface area (Å²) >= 11 is 0. The minimum atomic E-state index is -0.268. The van der Waals surface area contributed by atoms with Crippen molar-refractivity contribution in [3.05, 3.63) is 21.8 Å². The number of likely N-dealkylation sites (tertiary alicyclic amines) is 1. The van der Waals surface area contributed by atoms with Crippen molar-refractivity contribution in [1.82, 2.24) is 25.2 Å². The molecule has 0 bridgehead atoms. The van der Waals surface area contributed by atoms with Gasteiger partial charge in [0.05, 0.1) is 11.1 Å². The van der Waals surface area contributed by atoms with Crippen LogP contribution in [-0.4, -0.2) is 51.9 Å². The summed E-state index contributed by atoms with van der Waals surface area (Å²) < 4.78 is 6.49. The molecular formula is C20H31N5O3. The molecule has 0 saturated carbocycles. The van der Waals surface area contributed by atoms with Crippen LogP contribution in [0.25, 0.3) is 10.9 Å². The maximum absolute atomic E-state index is 12.4. The third kappa shape index (κ3) is 5.19. The molecule has 1 aliphatic heterocycles. The molecule has 1 aliphatic rings. The largest absolute Gasteiger partial charge is 0.360 e. The van der Waals surface area contributed by atoms with Gasteiger partial charge in [-0.25, -0.2) is 4.68 Å². The average Bonchev–Trinajstić information content (AvgIpc) is 2.89. The Bertz CT molecular complexity index is 849. The Morgan fingerprint density at radius 3 is 2.61 bits per heavy atom. The molecule has 2 aromatic heterocycles. The highest BCUT2D eigenvalue weighted by atomic mass is 16.5. The number of nitrogens with one attached hydrogen (secondary N) is 1. The van der Waals surface area contributed by atoms with E-state index in [1.807, 2.05) is 6.92 Å². The van der Waals surface area contributed by atoms with E-state index in [0.29, 0.717) is 48.3 Å². The molecule has 28 heavy (non-hydrogen) atoms. The van der Waals surface area contributed by atoms with Crippen LogP contribution >= 0.6 is 0 Å². The Morgan fingerprint density at radius 1 is 1.11 bits per heavy atom. The Balaban J connectivity index is 1.39. The van der Waals surface area contributed by atoms with Gasteiger partial charge in [-0.3, -0.25) is 9.59 Å². The van der Waals surface area contributed by atoms with Crippen LogP contribution < -0.4 is 10.9 Å². The third-order valence-electron chi connectivity index (χ3n) is 5.38.